The summed E-state index contributed by atoms with van der Waals surface area (Å²) in [6.45, 7) is -0.0387. The average molecular weight is 309 g/mol. The number of carboxylic acids is 1. The maximum absolute atomic E-state index is 11.0. The number of aliphatic hydroxyl groups is 2. The third kappa shape index (κ3) is 3.67. The van der Waals surface area contributed by atoms with Gasteiger partial charge in [-0.25, -0.2) is 4.79 Å². The number of nitro groups is 1. The molecule has 0 aliphatic heterocycles. The number of benzene rings is 1. The zero-order valence-corrected chi connectivity index (χ0v) is 11.5. The molecule has 1 aromatic carbocycles. The fraction of sp³-hybridized carbons (Fsp3) is 0.357. The smallest absolute Gasteiger partial charge is 0.331 e. The van der Waals surface area contributed by atoms with Crippen molar-refractivity contribution in [3.8, 4) is 0 Å². The van der Waals surface area contributed by atoms with Gasteiger partial charge in [-0.3, -0.25) is 10.1 Å². The van der Waals surface area contributed by atoms with Gasteiger partial charge in [-0.1, -0.05) is 12.1 Å². The van der Waals surface area contributed by atoms with Crippen LogP contribution in [0, 0.1) is 10.1 Å². The van der Waals surface area contributed by atoms with Crippen molar-refractivity contribution in [1.29, 1.82) is 0 Å². The average Bonchev–Trinajstić information content (AvgIpc) is 2.48. The zero-order valence-electron chi connectivity index (χ0n) is 11.5. The molecule has 1 aliphatic carbocycles. The van der Waals surface area contributed by atoms with E-state index in [1.165, 1.54) is 18.2 Å². The molecule has 0 heterocycles. The molecule has 0 saturated heterocycles. The van der Waals surface area contributed by atoms with Crippen LogP contribution in [0.4, 0.5) is 5.69 Å². The third-order valence-electron chi connectivity index (χ3n) is 3.38. The number of hydrogen-bond acceptors (Lipinski definition) is 6. The fourth-order valence-corrected chi connectivity index (χ4v) is 2.21. The van der Waals surface area contributed by atoms with Crippen molar-refractivity contribution in [3.63, 3.8) is 0 Å². The first-order valence-corrected chi connectivity index (χ1v) is 6.53. The van der Waals surface area contributed by atoms with Crippen LogP contribution in [-0.4, -0.2) is 44.5 Å². The summed E-state index contributed by atoms with van der Waals surface area (Å²) in [6, 6.07) is 5.80. The number of carboxylic acid groups (broad SMARTS) is 1. The lowest BCUT2D eigenvalue weighted by Crippen LogP contribution is -2.42. The summed E-state index contributed by atoms with van der Waals surface area (Å²) in [6.07, 6.45) is -2.44. The van der Waals surface area contributed by atoms with Crippen molar-refractivity contribution in [3.05, 3.63) is 51.6 Å². The largest absolute Gasteiger partial charge is 0.478 e. The standard InChI is InChI=1S/C14H15NO7/c16-11-5-9(14(18)19)6-12(13(11)17)22-7-8-2-1-3-10(4-8)15(20)21/h1-5,11-13,16-17H,6-7H2,(H,18,19)/t11-,12-,13-/m1/s1. The Balaban J connectivity index is 2.05. The number of nitrogens with zero attached hydrogens (tertiary/aromatic N) is 1. The molecule has 0 radical (unpaired) electrons. The molecule has 0 fully saturated rings. The summed E-state index contributed by atoms with van der Waals surface area (Å²) >= 11 is 0. The van der Waals surface area contributed by atoms with E-state index in [-0.39, 0.29) is 24.3 Å². The van der Waals surface area contributed by atoms with Crippen molar-refractivity contribution in [2.75, 3.05) is 0 Å². The minimum absolute atomic E-state index is 0.0387. The lowest BCUT2D eigenvalue weighted by Gasteiger charge is -2.30. The van der Waals surface area contributed by atoms with E-state index in [0.717, 1.165) is 6.08 Å². The molecule has 0 saturated carbocycles. The first-order valence-electron chi connectivity index (χ1n) is 6.53. The molecular formula is C14H15NO7. The Morgan fingerprint density at radius 1 is 1.41 bits per heavy atom. The molecule has 8 heteroatoms. The highest BCUT2D eigenvalue weighted by molar-refractivity contribution is 5.87. The van der Waals surface area contributed by atoms with Crippen LogP contribution in [-0.2, 0) is 16.1 Å². The number of carbonyl (C=O) groups is 1. The minimum Gasteiger partial charge on any atom is -0.478 e. The van der Waals surface area contributed by atoms with Crippen molar-refractivity contribution in [2.45, 2.75) is 31.3 Å². The highest BCUT2D eigenvalue weighted by atomic mass is 16.6. The van der Waals surface area contributed by atoms with Gasteiger partial charge in [0.2, 0.25) is 0 Å². The zero-order chi connectivity index (χ0) is 16.3. The molecule has 1 aromatic rings. The molecule has 0 spiro atoms. The molecule has 8 nitrogen and oxygen atoms in total. The Hall–Kier alpha value is -2.29. The Morgan fingerprint density at radius 2 is 2.14 bits per heavy atom. The van der Waals surface area contributed by atoms with Crippen LogP contribution < -0.4 is 0 Å². The van der Waals surface area contributed by atoms with E-state index in [2.05, 4.69) is 0 Å². The number of hydrogen-bond donors (Lipinski definition) is 3. The van der Waals surface area contributed by atoms with Gasteiger partial charge >= 0.3 is 5.97 Å². The molecule has 0 unspecified atom stereocenters. The molecule has 3 atom stereocenters. The van der Waals surface area contributed by atoms with Gasteiger partial charge in [-0.15, -0.1) is 0 Å². The maximum Gasteiger partial charge on any atom is 0.331 e. The second-order valence-corrected chi connectivity index (χ2v) is 4.96. The summed E-state index contributed by atoms with van der Waals surface area (Å²) in [4.78, 5) is 21.1. The first kappa shape index (κ1) is 16.1. The fourth-order valence-electron chi connectivity index (χ4n) is 2.21. The van der Waals surface area contributed by atoms with E-state index in [1.807, 2.05) is 0 Å². The lowest BCUT2D eigenvalue weighted by molar-refractivity contribution is -0.385. The molecule has 0 aromatic heterocycles. The van der Waals surface area contributed by atoms with Crippen LogP contribution in [0.3, 0.4) is 0 Å². The summed E-state index contributed by atoms with van der Waals surface area (Å²) in [7, 11) is 0. The van der Waals surface area contributed by atoms with Crippen molar-refractivity contribution in [1.82, 2.24) is 0 Å². The molecule has 22 heavy (non-hydrogen) atoms. The summed E-state index contributed by atoms with van der Waals surface area (Å²) in [5, 5.41) is 39.1. The monoisotopic (exact) mass is 309 g/mol. The highest BCUT2D eigenvalue weighted by Crippen LogP contribution is 2.24. The van der Waals surface area contributed by atoms with Crippen LogP contribution in [0.5, 0.6) is 0 Å². The van der Waals surface area contributed by atoms with Crippen LogP contribution in [0.1, 0.15) is 12.0 Å². The number of non-ortho nitro benzene ring substituents is 1. The second kappa shape index (κ2) is 6.65. The molecule has 0 amide bonds. The number of nitro benzene ring substituents is 1. The van der Waals surface area contributed by atoms with Crippen LogP contribution in [0.2, 0.25) is 0 Å². The summed E-state index contributed by atoms with van der Waals surface area (Å²) in [5.74, 6) is -1.19. The van der Waals surface area contributed by atoms with E-state index in [9.17, 15) is 25.1 Å². The predicted octanol–water partition coefficient (Wildman–Crippen LogP) is 0.616. The van der Waals surface area contributed by atoms with Crippen molar-refractivity contribution >= 4 is 11.7 Å². The molecule has 118 valence electrons. The first-order chi connectivity index (χ1) is 10.4. The number of rotatable bonds is 5. The summed E-state index contributed by atoms with van der Waals surface area (Å²) in [5.41, 5.74) is 0.389. The molecule has 0 bridgehead atoms. The number of ether oxygens (including phenoxy) is 1. The molecular weight excluding hydrogens is 294 g/mol. The quantitative estimate of drug-likeness (QED) is 0.536. The van der Waals surface area contributed by atoms with Crippen molar-refractivity contribution in [2.24, 2.45) is 0 Å². The minimum atomic E-state index is -1.32. The van der Waals surface area contributed by atoms with Gasteiger partial charge in [0.25, 0.3) is 5.69 Å². The topological polar surface area (TPSA) is 130 Å². The van der Waals surface area contributed by atoms with E-state index in [1.54, 1.807) is 6.07 Å². The Morgan fingerprint density at radius 3 is 2.77 bits per heavy atom. The normalized spacial score (nSPS) is 24.6. The van der Waals surface area contributed by atoms with Gasteiger partial charge in [0.1, 0.15) is 12.2 Å². The molecule has 3 N–H and O–H groups in total. The SMILES string of the molecule is O=C(O)C1=C[C@@H](O)[C@@H](O)[C@H](OCc2cccc([N+](=O)[O-])c2)C1. The van der Waals surface area contributed by atoms with E-state index < -0.39 is 29.2 Å². The predicted molar refractivity (Wildman–Crippen MR) is 74.0 cm³/mol. The Labute approximate surface area is 125 Å². The van der Waals surface area contributed by atoms with Gasteiger partial charge < -0.3 is 20.1 Å². The van der Waals surface area contributed by atoms with Gasteiger partial charge in [-0.2, -0.15) is 0 Å². The Bertz CT molecular complexity index is 613. The van der Waals surface area contributed by atoms with E-state index >= 15 is 0 Å². The summed E-state index contributed by atoms with van der Waals surface area (Å²) < 4.78 is 5.43. The number of aliphatic carboxylic acids is 1. The van der Waals surface area contributed by atoms with Crippen LogP contribution in [0.25, 0.3) is 0 Å². The highest BCUT2D eigenvalue weighted by Gasteiger charge is 2.33. The Kier molecular flexibility index (Phi) is 4.86. The second-order valence-electron chi connectivity index (χ2n) is 4.96. The number of aliphatic hydroxyl groups excluding tert-OH is 2. The van der Waals surface area contributed by atoms with Gasteiger partial charge in [0.15, 0.2) is 0 Å². The molecule has 2 rings (SSSR count). The third-order valence-corrected chi connectivity index (χ3v) is 3.38. The molecule has 1 aliphatic rings. The van der Waals surface area contributed by atoms with Crippen LogP contribution >= 0.6 is 0 Å². The van der Waals surface area contributed by atoms with Gasteiger partial charge in [-0.05, 0) is 11.6 Å². The lowest BCUT2D eigenvalue weighted by atomic mass is 9.92. The van der Waals surface area contributed by atoms with E-state index in [0.29, 0.717) is 5.56 Å². The van der Waals surface area contributed by atoms with Gasteiger partial charge in [0, 0.05) is 24.1 Å². The van der Waals surface area contributed by atoms with Gasteiger partial charge in [0.05, 0.1) is 17.6 Å². The van der Waals surface area contributed by atoms with E-state index in [4.69, 9.17) is 9.84 Å². The maximum atomic E-state index is 11.0. The van der Waals surface area contributed by atoms with Crippen LogP contribution in [0.15, 0.2) is 35.9 Å². The van der Waals surface area contributed by atoms with Crippen molar-refractivity contribution < 1.29 is 29.8 Å².